The molecular weight excluding hydrogens is 270 g/mol. The van der Waals surface area contributed by atoms with Gasteiger partial charge in [-0.1, -0.05) is 30.7 Å². The molecule has 1 aliphatic rings. The third-order valence-corrected chi connectivity index (χ3v) is 5.30. The molecule has 1 unspecified atom stereocenters. The van der Waals surface area contributed by atoms with Gasteiger partial charge in [0.2, 0.25) is 10.0 Å². The van der Waals surface area contributed by atoms with Crippen LogP contribution >= 0.6 is 11.6 Å². The molecule has 2 rings (SSSR count). The topological polar surface area (TPSA) is 37.4 Å². The lowest BCUT2D eigenvalue weighted by Crippen LogP contribution is -2.39. The summed E-state index contributed by atoms with van der Waals surface area (Å²) in [5.74, 6) is 0.494. The molecule has 3 nitrogen and oxygen atoms in total. The largest absolute Gasteiger partial charge is 0.218 e. The van der Waals surface area contributed by atoms with Crippen LogP contribution < -0.4 is 0 Å². The lowest BCUT2D eigenvalue weighted by atomic mass is 10.0. The molecule has 5 heteroatoms. The van der Waals surface area contributed by atoms with Crippen molar-refractivity contribution < 1.29 is 8.42 Å². The summed E-state index contributed by atoms with van der Waals surface area (Å²) in [6.07, 6.45) is 2.07. The van der Waals surface area contributed by atoms with Crippen LogP contribution in [0.25, 0.3) is 0 Å². The predicted octanol–water partition coefficient (Wildman–Crippen LogP) is 2.90. The van der Waals surface area contributed by atoms with Crippen molar-refractivity contribution in [1.29, 1.82) is 0 Å². The van der Waals surface area contributed by atoms with Gasteiger partial charge in [0.05, 0.1) is 5.75 Å². The number of nitrogens with zero attached hydrogens (tertiary/aromatic N) is 1. The molecule has 1 aliphatic heterocycles. The zero-order chi connectivity index (χ0) is 13.2. The summed E-state index contributed by atoms with van der Waals surface area (Å²) in [7, 11) is -3.21. The number of hydrogen-bond donors (Lipinski definition) is 0. The first kappa shape index (κ1) is 13.8. The van der Waals surface area contributed by atoms with Crippen LogP contribution in [-0.2, 0) is 15.8 Å². The van der Waals surface area contributed by atoms with E-state index in [4.69, 9.17) is 11.6 Å². The van der Waals surface area contributed by atoms with Crippen LogP contribution in [0.5, 0.6) is 0 Å². The van der Waals surface area contributed by atoms with E-state index < -0.39 is 10.0 Å². The summed E-state index contributed by atoms with van der Waals surface area (Å²) in [4.78, 5) is 0. The number of rotatable bonds is 3. The number of halogens is 1. The smallest absolute Gasteiger partial charge is 0.212 e. The van der Waals surface area contributed by atoms with Gasteiger partial charge in [-0.25, -0.2) is 12.7 Å². The normalized spacial score (nSPS) is 22.0. The maximum atomic E-state index is 12.3. The highest BCUT2D eigenvalue weighted by atomic mass is 35.5. The highest BCUT2D eigenvalue weighted by Crippen LogP contribution is 2.21. The second-order valence-corrected chi connectivity index (χ2v) is 7.40. The Balaban J connectivity index is 2.11. The van der Waals surface area contributed by atoms with Crippen molar-refractivity contribution in [2.24, 2.45) is 5.92 Å². The van der Waals surface area contributed by atoms with Gasteiger partial charge in [-0.05, 0) is 36.5 Å². The van der Waals surface area contributed by atoms with Crippen molar-refractivity contribution in [1.82, 2.24) is 4.31 Å². The van der Waals surface area contributed by atoms with Crippen LogP contribution in [0.3, 0.4) is 0 Å². The summed E-state index contributed by atoms with van der Waals surface area (Å²) >= 11 is 5.87. The Morgan fingerprint density at radius 3 is 2.89 bits per heavy atom. The second kappa shape index (κ2) is 5.59. The minimum absolute atomic E-state index is 0.0419. The van der Waals surface area contributed by atoms with Gasteiger partial charge >= 0.3 is 0 Å². The van der Waals surface area contributed by atoms with E-state index in [1.54, 1.807) is 28.6 Å². The molecule has 1 saturated heterocycles. The van der Waals surface area contributed by atoms with Crippen molar-refractivity contribution in [3.8, 4) is 0 Å². The molecule has 1 fully saturated rings. The molecule has 0 saturated carbocycles. The molecule has 0 bridgehead atoms. The molecule has 18 heavy (non-hydrogen) atoms. The van der Waals surface area contributed by atoms with E-state index in [0.29, 0.717) is 24.0 Å². The first-order chi connectivity index (χ1) is 8.47. The van der Waals surface area contributed by atoms with Gasteiger partial charge in [0.15, 0.2) is 0 Å². The molecular formula is C13H18ClNO2S. The fourth-order valence-electron chi connectivity index (χ4n) is 2.33. The van der Waals surface area contributed by atoms with Crippen molar-refractivity contribution in [3.05, 3.63) is 34.9 Å². The third-order valence-electron chi connectivity index (χ3n) is 3.25. The first-order valence-electron chi connectivity index (χ1n) is 6.19. The van der Waals surface area contributed by atoms with E-state index in [9.17, 15) is 8.42 Å². The molecule has 0 aromatic heterocycles. The Hall–Kier alpha value is -0.580. The van der Waals surface area contributed by atoms with E-state index in [0.717, 1.165) is 18.4 Å². The average Bonchev–Trinajstić information content (AvgIpc) is 2.28. The molecule has 0 spiro atoms. The number of sulfonamides is 1. The Labute approximate surface area is 114 Å². The van der Waals surface area contributed by atoms with Gasteiger partial charge in [0.1, 0.15) is 0 Å². The minimum Gasteiger partial charge on any atom is -0.212 e. The fraction of sp³-hybridized carbons (Fsp3) is 0.538. The van der Waals surface area contributed by atoms with E-state index in [1.165, 1.54) is 0 Å². The fourth-order valence-corrected chi connectivity index (χ4v) is 4.21. The lowest BCUT2D eigenvalue weighted by molar-refractivity contribution is 0.281. The van der Waals surface area contributed by atoms with Gasteiger partial charge in [0, 0.05) is 18.1 Å². The summed E-state index contributed by atoms with van der Waals surface area (Å²) in [6.45, 7) is 3.39. The zero-order valence-electron chi connectivity index (χ0n) is 10.5. The second-order valence-electron chi connectivity index (χ2n) is 4.99. The Morgan fingerprint density at radius 1 is 1.44 bits per heavy atom. The summed E-state index contributed by atoms with van der Waals surface area (Å²) in [6, 6.07) is 7.05. The number of benzene rings is 1. The van der Waals surface area contributed by atoms with E-state index in [2.05, 4.69) is 6.92 Å². The van der Waals surface area contributed by atoms with Crippen molar-refractivity contribution in [2.75, 3.05) is 13.1 Å². The summed E-state index contributed by atoms with van der Waals surface area (Å²) < 4.78 is 26.2. The molecule has 100 valence electrons. The maximum absolute atomic E-state index is 12.3. The molecule has 1 aromatic carbocycles. The van der Waals surface area contributed by atoms with Gasteiger partial charge in [-0.15, -0.1) is 0 Å². The number of piperidine rings is 1. The van der Waals surface area contributed by atoms with E-state index in [1.807, 2.05) is 0 Å². The first-order valence-corrected chi connectivity index (χ1v) is 8.18. The average molecular weight is 288 g/mol. The third kappa shape index (κ3) is 3.46. The van der Waals surface area contributed by atoms with Gasteiger partial charge in [0.25, 0.3) is 0 Å². The van der Waals surface area contributed by atoms with E-state index in [-0.39, 0.29) is 5.75 Å². The van der Waals surface area contributed by atoms with Crippen LogP contribution in [0.1, 0.15) is 25.3 Å². The molecule has 1 aromatic rings. The quantitative estimate of drug-likeness (QED) is 0.857. The van der Waals surface area contributed by atoms with Gasteiger partial charge in [-0.3, -0.25) is 0 Å². The highest BCUT2D eigenvalue weighted by Gasteiger charge is 2.27. The van der Waals surface area contributed by atoms with Crippen molar-refractivity contribution >= 4 is 21.6 Å². The number of hydrogen-bond acceptors (Lipinski definition) is 2. The van der Waals surface area contributed by atoms with E-state index >= 15 is 0 Å². The predicted molar refractivity (Wildman–Crippen MR) is 74.0 cm³/mol. The standard InChI is InChI=1S/C13H18ClNO2S/c1-11-4-3-7-15(9-11)18(16,17)10-12-5-2-6-13(14)8-12/h2,5-6,8,11H,3-4,7,9-10H2,1H3. The van der Waals surface area contributed by atoms with Crippen LogP contribution in [0, 0.1) is 5.92 Å². The Kier molecular flexibility index (Phi) is 4.30. The van der Waals surface area contributed by atoms with Gasteiger partial charge < -0.3 is 0 Å². The maximum Gasteiger partial charge on any atom is 0.218 e. The van der Waals surface area contributed by atoms with Gasteiger partial charge in [-0.2, -0.15) is 0 Å². The van der Waals surface area contributed by atoms with Crippen LogP contribution in [0.15, 0.2) is 24.3 Å². The SMILES string of the molecule is CC1CCCN(S(=O)(=O)Cc2cccc(Cl)c2)C1. The Morgan fingerprint density at radius 2 is 2.22 bits per heavy atom. The molecule has 1 heterocycles. The molecule has 0 aliphatic carbocycles. The molecule has 1 atom stereocenters. The van der Waals surface area contributed by atoms with Crippen LogP contribution in [0.2, 0.25) is 5.02 Å². The zero-order valence-corrected chi connectivity index (χ0v) is 12.0. The Bertz CT molecular complexity index is 515. The summed E-state index contributed by atoms with van der Waals surface area (Å²) in [5, 5.41) is 0.578. The summed E-state index contributed by atoms with van der Waals surface area (Å²) in [5.41, 5.74) is 0.751. The molecule has 0 amide bonds. The lowest BCUT2D eigenvalue weighted by Gasteiger charge is -2.30. The van der Waals surface area contributed by atoms with Crippen molar-refractivity contribution in [3.63, 3.8) is 0 Å². The highest BCUT2D eigenvalue weighted by molar-refractivity contribution is 7.88. The minimum atomic E-state index is -3.21. The monoisotopic (exact) mass is 287 g/mol. The van der Waals surface area contributed by atoms with Crippen LogP contribution in [-0.4, -0.2) is 25.8 Å². The van der Waals surface area contributed by atoms with Crippen LogP contribution in [0.4, 0.5) is 0 Å². The molecule has 0 radical (unpaired) electrons. The van der Waals surface area contributed by atoms with Crippen molar-refractivity contribution in [2.45, 2.75) is 25.5 Å². The molecule has 0 N–H and O–H groups in total.